The van der Waals surface area contributed by atoms with Crippen LogP contribution in [0.25, 0.3) is 11.0 Å². The Balaban J connectivity index is 2.08. The van der Waals surface area contributed by atoms with E-state index < -0.39 is 0 Å². The van der Waals surface area contributed by atoms with Gasteiger partial charge in [0.05, 0.1) is 6.04 Å². The second-order valence-electron chi connectivity index (χ2n) is 4.84. The molecule has 0 bridgehead atoms. The normalized spacial score (nSPS) is 12.7. The lowest BCUT2D eigenvalue weighted by Gasteiger charge is -2.17. The van der Waals surface area contributed by atoms with E-state index in [1.807, 2.05) is 36.4 Å². The number of nitrogens with one attached hydrogen (secondary N) is 1. The lowest BCUT2D eigenvalue weighted by atomic mass is 10.0. The quantitative estimate of drug-likeness (QED) is 0.657. The lowest BCUT2D eigenvalue weighted by molar-refractivity contribution is 0.476. The maximum absolute atomic E-state index is 6.04. The van der Waals surface area contributed by atoms with Crippen LogP contribution < -0.4 is 5.32 Å². The van der Waals surface area contributed by atoms with Crippen LogP contribution in [0.4, 0.5) is 0 Å². The molecule has 1 aromatic heterocycles. The van der Waals surface area contributed by atoms with Crippen molar-refractivity contribution < 1.29 is 4.42 Å². The van der Waals surface area contributed by atoms with Gasteiger partial charge in [0.25, 0.3) is 0 Å². The van der Waals surface area contributed by atoms with Gasteiger partial charge in [-0.15, -0.1) is 0 Å². The Morgan fingerprint density at radius 1 is 1.19 bits per heavy atom. The van der Waals surface area contributed by atoms with E-state index >= 15 is 0 Å². The summed E-state index contributed by atoms with van der Waals surface area (Å²) in [6.45, 7) is 2.93. The number of halogens is 2. The highest BCUT2D eigenvalue weighted by Crippen LogP contribution is 2.33. The highest BCUT2D eigenvalue weighted by molar-refractivity contribution is 9.10. The van der Waals surface area contributed by atoms with Gasteiger partial charge in [-0.1, -0.05) is 58.7 Å². The Labute approximate surface area is 137 Å². The SMILES string of the molecule is CCNC(c1cc2ccccc2o1)c1ccc(Cl)cc1Br. The first-order chi connectivity index (χ1) is 10.2. The first kappa shape index (κ1) is 14.6. The molecule has 0 saturated carbocycles. The van der Waals surface area contributed by atoms with Gasteiger partial charge in [-0.2, -0.15) is 0 Å². The van der Waals surface area contributed by atoms with Crippen molar-refractivity contribution in [3.63, 3.8) is 0 Å². The highest BCUT2D eigenvalue weighted by Gasteiger charge is 2.20. The van der Waals surface area contributed by atoms with Crippen molar-refractivity contribution in [1.29, 1.82) is 0 Å². The van der Waals surface area contributed by atoms with Crippen molar-refractivity contribution in [3.05, 3.63) is 69.3 Å². The number of hydrogen-bond acceptors (Lipinski definition) is 2. The minimum Gasteiger partial charge on any atom is -0.459 e. The molecule has 0 aliphatic heterocycles. The third-order valence-electron chi connectivity index (χ3n) is 3.41. The summed E-state index contributed by atoms with van der Waals surface area (Å²) >= 11 is 9.63. The number of benzene rings is 2. The molecule has 3 rings (SSSR count). The van der Waals surface area contributed by atoms with E-state index in [2.05, 4.69) is 40.3 Å². The average Bonchev–Trinajstić information content (AvgIpc) is 2.89. The van der Waals surface area contributed by atoms with Crippen LogP contribution in [-0.2, 0) is 0 Å². The first-order valence-electron chi connectivity index (χ1n) is 6.86. The zero-order chi connectivity index (χ0) is 14.8. The molecule has 1 atom stereocenters. The molecule has 0 amide bonds. The lowest BCUT2D eigenvalue weighted by Crippen LogP contribution is -2.21. The van der Waals surface area contributed by atoms with Crippen molar-refractivity contribution >= 4 is 38.5 Å². The van der Waals surface area contributed by atoms with Crippen molar-refractivity contribution in [2.75, 3.05) is 6.54 Å². The van der Waals surface area contributed by atoms with Crippen molar-refractivity contribution in [3.8, 4) is 0 Å². The molecule has 0 aliphatic rings. The van der Waals surface area contributed by atoms with Gasteiger partial charge in [0.1, 0.15) is 11.3 Å². The Morgan fingerprint density at radius 2 is 2.00 bits per heavy atom. The van der Waals surface area contributed by atoms with Gasteiger partial charge in [0.2, 0.25) is 0 Å². The van der Waals surface area contributed by atoms with Gasteiger partial charge < -0.3 is 9.73 Å². The number of hydrogen-bond donors (Lipinski definition) is 1. The molecule has 2 aromatic carbocycles. The zero-order valence-electron chi connectivity index (χ0n) is 11.6. The fraction of sp³-hybridized carbons (Fsp3) is 0.176. The smallest absolute Gasteiger partial charge is 0.134 e. The standard InChI is InChI=1S/C17H15BrClNO/c1-2-20-17(13-8-7-12(19)10-14(13)18)16-9-11-5-3-4-6-15(11)21-16/h3-10,17,20H,2H2,1H3. The third kappa shape index (κ3) is 3.00. The maximum atomic E-state index is 6.04. The summed E-state index contributed by atoms with van der Waals surface area (Å²) in [5.74, 6) is 0.904. The number of furan rings is 1. The number of rotatable bonds is 4. The monoisotopic (exact) mass is 363 g/mol. The van der Waals surface area contributed by atoms with E-state index in [0.717, 1.165) is 33.3 Å². The third-order valence-corrected chi connectivity index (χ3v) is 4.33. The predicted octanol–water partition coefficient (Wildman–Crippen LogP) is 5.55. The molecular weight excluding hydrogens is 350 g/mol. The maximum Gasteiger partial charge on any atom is 0.134 e. The summed E-state index contributed by atoms with van der Waals surface area (Å²) in [4.78, 5) is 0. The first-order valence-corrected chi connectivity index (χ1v) is 8.03. The van der Waals surface area contributed by atoms with E-state index in [0.29, 0.717) is 5.02 Å². The van der Waals surface area contributed by atoms with Crippen molar-refractivity contribution in [2.45, 2.75) is 13.0 Å². The molecule has 0 spiro atoms. The van der Waals surface area contributed by atoms with Gasteiger partial charge in [-0.25, -0.2) is 0 Å². The molecule has 0 fully saturated rings. The van der Waals surface area contributed by atoms with Gasteiger partial charge in [-0.3, -0.25) is 0 Å². The largest absolute Gasteiger partial charge is 0.459 e. The highest BCUT2D eigenvalue weighted by atomic mass is 79.9. The number of para-hydroxylation sites is 1. The fourth-order valence-corrected chi connectivity index (χ4v) is 3.36. The van der Waals surface area contributed by atoms with Gasteiger partial charge in [-0.05, 0) is 36.4 Å². The van der Waals surface area contributed by atoms with Crippen LogP contribution in [-0.4, -0.2) is 6.54 Å². The predicted molar refractivity (Wildman–Crippen MR) is 90.9 cm³/mol. The van der Waals surface area contributed by atoms with Crippen LogP contribution in [0.5, 0.6) is 0 Å². The van der Waals surface area contributed by atoms with E-state index in [-0.39, 0.29) is 6.04 Å². The molecule has 1 heterocycles. The Morgan fingerprint density at radius 3 is 2.71 bits per heavy atom. The zero-order valence-corrected chi connectivity index (χ0v) is 13.9. The van der Waals surface area contributed by atoms with Crippen LogP contribution in [0.2, 0.25) is 5.02 Å². The van der Waals surface area contributed by atoms with Gasteiger partial charge in [0.15, 0.2) is 0 Å². The summed E-state index contributed by atoms with van der Waals surface area (Å²) in [7, 11) is 0. The van der Waals surface area contributed by atoms with Crippen LogP contribution in [0, 0.1) is 0 Å². The Kier molecular flexibility index (Phi) is 4.34. The summed E-state index contributed by atoms with van der Waals surface area (Å²) in [5.41, 5.74) is 2.01. The molecule has 0 aliphatic carbocycles. The second kappa shape index (κ2) is 6.22. The molecule has 0 saturated heterocycles. The van der Waals surface area contributed by atoms with Crippen LogP contribution in [0.3, 0.4) is 0 Å². The van der Waals surface area contributed by atoms with Gasteiger partial charge in [0, 0.05) is 14.9 Å². The summed E-state index contributed by atoms with van der Waals surface area (Å²) in [6, 6.07) is 15.9. The fourth-order valence-electron chi connectivity index (χ4n) is 2.45. The molecule has 4 heteroatoms. The van der Waals surface area contributed by atoms with E-state index in [1.54, 1.807) is 0 Å². The second-order valence-corrected chi connectivity index (χ2v) is 6.13. The molecule has 0 radical (unpaired) electrons. The van der Waals surface area contributed by atoms with E-state index in [9.17, 15) is 0 Å². The molecule has 2 nitrogen and oxygen atoms in total. The molecule has 1 unspecified atom stereocenters. The average molecular weight is 365 g/mol. The molecule has 3 aromatic rings. The number of fused-ring (bicyclic) bond motifs is 1. The van der Waals surface area contributed by atoms with Crippen LogP contribution >= 0.6 is 27.5 Å². The molecule has 108 valence electrons. The van der Waals surface area contributed by atoms with Crippen molar-refractivity contribution in [2.24, 2.45) is 0 Å². The van der Waals surface area contributed by atoms with E-state index in [1.165, 1.54) is 0 Å². The van der Waals surface area contributed by atoms with E-state index in [4.69, 9.17) is 16.0 Å². The summed E-state index contributed by atoms with van der Waals surface area (Å²) < 4.78 is 6.98. The molecule has 21 heavy (non-hydrogen) atoms. The topological polar surface area (TPSA) is 25.2 Å². The van der Waals surface area contributed by atoms with Crippen LogP contribution in [0.1, 0.15) is 24.3 Å². The summed E-state index contributed by atoms with van der Waals surface area (Å²) in [6.07, 6.45) is 0. The summed E-state index contributed by atoms with van der Waals surface area (Å²) in [5, 5.41) is 5.29. The van der Waals surface area contributed by atoms with Crippen molar-refractivity contribution in [1.82, 2.24) is 5.32 Å². The van der Waals surface area contributed by atoms with Crippen LogP contribution in [0.15, 0.2) is 57.4 Å². The Hall–Kier alpha value is -1.29. The molecule has 1 N–H and O–H groups in total. The Bertz CT molecular complexity index is 735. The molecular formula is C17H15BrClNO. The minimum absolute atomic E-state index is 0.00552. The van der Waals surface area contributed by atoms with Gasteiger partial charge >= 0.3 is 0 Å². The minimum atomic E-state index is -0.00552.